The molecule has 5 nitrogen and oxygen atoms in total. The van der Waals surface area contributed by atoms with Crippen molar-refractivity contribution in [3.8, 4) is 11.1 Å². The van der Waals surface area contributed by atoms with E-state index in [2.05, 4.69) is 26.9 Å². The maximum absolute atomic E-state index is 15.0. The van der Waals surface area contributed by atoms with E-state index in [1.165, 1.54) is 11.9 Å². The monoisotopic (exact) mass is 398 g/mol. The van der Waals surface area contributed by atoms with Crippen LogP contribution in [-0.2, 0) is 4.79 Å². The first-order chi connectivity index (χ1) is 13.6. The maximum atomic E-state index is 15.0. The minimum absolute atomic E-state index is 0.000226. The number of fused-ring (bicyclic) bond motifs is 1. The van der Waals surface area contributed by atoms with E-state index in [1.807, 2.05) is 18.2 Å². The quantitative estimate of drug-likeness (QED) is 0.363. The van der Waals surface area contributed by atoms with Crippen molar-refractivity contribution in [3.63, 3.8) is 0 Å². The molecule has 0 saturated heterocycles. The van der Waals surface area contributed by atoms with Gasteiger partial charge in [0.05, 0.1) is 5.69 Å². The van der Waals surface area contributed by atoms with Gasteiger partial charge in [0, 0.05) is 23.3 Å². The Hall–Kier alpha value is -2.54. The number of hydrogen-bond donors (Lipinski definition) is 3. The Kier molecular flexibility index (Phi) is 5.26. The van der Waals surface area contributed by atoms with Gasteiger partial charge in [-0.1, -0.05) is 24.9 Å². The number of H-pyrrole nitrogens is 1. The summed E-state index contributed by atoms with van der Waals surface area (Å²) >= 11 is 1.50. The fourth-order valence-corrected chi connectivity index (χ4v) is 3.80. The number of pyridine rings is 1. The minimum atomic E-state index is -0.259. The van der Waals surface area contributed by atoms with Gasteiger partial charge < -0.3 is 15.0 Å². The van der Waals surface area contributed by atoms with E-state index in [0.717, 1.165) is 41.5 Å². The number of anilines is 2. The SMILES string of the molecule is CCCSNc1ccc(-c2cc(NC(=O)C3CC3)nc3[nH]ccc23)c(C)c1F. The van der Waals surface area contributed by atoms with Crippen molar-refractivity contribution in [1.82, 2.24) is 9.97 Å². The normalized spacial score (nSPS) is 13.7. The molecule has 3 N–H and O–H groups in total. The summed E-state index contributed by atoms with van der Waals surface area (Å²) in [5, 5.41) is 3.79. The number of carbonyl (C=O) groups excluding carboxylic acids is 1. The van der Waals surface area contributed by atoms with E-state index >= 15 is 0 Å². The van der Waals surface area contributed by atoms with Crippen molar-refractivity contribution >= 4 is 40.4 Å². The van der Waals surface area contributed by atoms with Crippen LogP contribution in [0.3, 0.4) is 0 Å². The summed E-state index contributed by atoms with van der Waals surface area (Å²) in [5.74, 6) is 1.24. The fourth-order valence-electron chi connectivity index (χ4n) is 3.18. The zero-order chi connectivity index (χ0) is 19.7. The second kappa shape index (κ2) is 7.83. The van der Waals surface area contributed by atoms with Gasteiger partial charge >= 0.3 is 0 Å². The Morgan fingerprint density at radius 2 is 2.14 bits per heavy atom. The van der Waals surface area contributed by atoms with Gasteiger partial charge in [0.25, 0.3) is 0 Å². The summed E-state index contributed by atoms with van der Waals surface area (Å²) in [7, 11) is 0. The van der Waals surface area contributed by atoms with E-state index in [-0.39, 0.29) is 17.6 Å². The number of hydrogen-bond acceptors (Lipinski definition) is 4. The maximum Gasteiger partial charge on any atom is 0.228 e. The molecule has 1 saturated carbocycles. The molecule has 1 aliphatic carbocycles. The second-order valence-corrected chi connectivity index (χ2v) is 8.01. The number of aromatic amines is 1. The van der Waals surface area contributed by atoms with Gasteiger partial charge in [0.1, 0.15) is 11.5 Å². The van der Waals surface area contributed by atoms with Crippen LogP contribution in [0.1, 0.15) is 31.7 Å². The first-order valence-electron chi connectivity index (χ1n) is 9.54. The van der Waals surface area contributed by atoms with Gasteiger partial charge in [0.15, 0.2) is 5.82 Å². The summed E-state index contributed by atoms with van der Waals surface area (Å²) in [6.07, 6.45) is 4.68. The van der Waals surface area contributed by atoms with Crippen LogP contribution in [0.2, 0.25) is 0 Å². The number of halogens is 1. The standard InChI is InChI=1S/C21H23FN4OS/c1-3-10-28-26-17-7-6-14(12(2)19(17)22)16-11-18(25-21(27)13-4-5-13)24-20-15(16)8-9-23-20/h6-9,11,13,26H,3-5,10H2,1-2H3,(H2,23,24,25,27). The Labute approximate surface area is 167 Å². The Morgan fingerprint density at radius 3 is 2.89 bits per heavy atom. The molecule has 146 valence electrons. The second-order valence-electron chi connectivity index (χ2n) is 7.11. The van der Waals surface area contributed by atoms with Gasteiger partial charge in [-0.05, 0) is 61.1 Å². The molecule has 2 heterocycles. The molecule has 0 bridgehead atoms. The number of aromatic nitrogens is 2. The van der Waals surface area contributed by atoms with Crippen molar-refractivity contribution in [2.24, 2.45) is 5.92 Å². The highest BCUT2D eigenvalue weighted by atomic mass is 32.2. The zero-order valence-corrected chi connectivity index (χ0v) is 16.8. The molecule has 28 heavy (non-hydrogen) atoms. The number of nitrogens with one attached hydrogen (secondary N) is 3. The molecule has 7 heteroatoms. The van der Waals surface area contributed by atoms with E-state index in [0.29, 0.717) is 22.7 Å². The summed E-state index contributed by atoms with van der Waals surface area (Å²) in [6, 6.07) is 7.44. The predicted molar refractivity (Wildman–Crippen MR) is 114 cm³/mol. The Morgan fingerprint density at radius 1 is 1.32 bits per heavy atom. The molecule has 4 rings (SSSR count). The van der Waals surface area contributed by atoms with Crippen molar-refractivity contribution in [2.75, 3.05) is 15.8 Å². The third kappa shape index (κ3) is 3.71. The highest BCUT2D eigenvalue weighted by Crippen LogP contribution is 2.36. The average Bonchev–Trinajstić information content (AvgIpc) is 3.43. The molecule has 0 atom stereocenters. The first-order valence-corrected chi connectivity index (χ1v) is 10.5. The summed E-state index contributed by atoms with van der Waals surface area (Å²) in [5.41, 5.74) is 3.36. The topological polar surface area (TPSA) is 69.8 Å². The van der Waals surface area contributed by atoms with Crippen molar-refractivity contribution in [3.05, 3.63) is 41.8 Å². The van der Waals surface area contributed by atoms with Crippen LogP contribution in [0.4, 0.5) is 15.9 Å². The van der Waals surface area contributed by atoms with E-state index in [1.54, 1.807) is 19.2 Å². The van der Waals surface area contributed by atoms with Crippen LogP contribution in [0.5, 0.6) is 0 Å². The third-order valence-corrected chi connectivity index (χ3v) is 5.87. The number of benzene rings is 1. The molecule has 0 radical (unpaired) electrons. The lowest BCUT2D eigenvalue weighted by Crippen LogP contribution is -2.14. The lowest BCUT2D eigenvalue weighted by Gasteiger charge is -2.14. The Balaban J connectivity index is 1.72. The number of rotatable bonds is 7. The van der Waals surface area contributed by atoms with Gasteiger partial charge in [0.2, 0.25) is 5.91 Å². The van der Waals surface area contributed by atoms with E-state index < -0.39 is 0 Å². The molecule has 3 aromatic rings. The van der Waals surface area contributed by atoms with Crippen LogP contribution >= 0.6 is 11.9 Å². The fraction of sp³-hybridized carbons (Fsp3) is 0.333. The van der Waals surface area contributed by atoms with Crippen LogP contribution in [0, 0.1) is 18.7 Å². The van der Waals surface area contributed by atoms with Gasteiger partial charge in [-0.2, -0.15) is 0 Å². The molecular formula is C21H23FN4OS. The van der Waals surface area contributed by atoms with Gasteiger partial charge in [-0.15, -0.1) is 0 Å². The summed E-state index contributed by atoms with van der Waals surface area (Å²) in [6.45, 7) is 3.87. The smallest absolute Gasteiger partial charge is 0.228 e. The van der Waals surface area contributed by atoms with Gasteiger partial charge in [-0.3, -0.25) is 4.79 Å². The van der Waals surface area contributed by atoms with Crippen molar-refractivity contribution < 1.29 is 9.18 Å². The van der Waals surface area contributed by atoms with Gasteiger partial charge in [-0.25, -0.2) is 9.37 Å². The molecule has 0 aliphatic heterocycles. The molecule has 0 spiro atoms. The molecule has 0 unspecified atom stereocenters. The zero-order valence-electron chi connectivity index (χ0n) is 15.9. The van der Waals surface area contributed by atoms with Crippen molar-refractivity contribution in [1.29, 1.82) is 0 Å². The molecular weight excluding hydrogens is 375 g/mol. The van der Waals surface area contributed by atoms with E-state index in [9.17, 15) is 9.18 Å². The van der Waals surface area contributed by atoms with Crippen molar-refractivity contribution in [2.45, 2.75) is 33.1 Å². The molecule has 1 aliphatic rings. The minimum Gasteiger partial charge on any atom is -0.346 e. The largest absolute Gasteiger partial charge is 0.346 e. The lowest BCUT2D eigenvalue weighted by atomic mass is 9.97. The Bertz CT molecular complexity index is 1030. The molecule has 2 aromatic heterocycles. The molecule has 1 amide bonds. The van der Waals surface area contributed by atoms with Crippen LogP contribution in [0.25, 0.3) is 22.2 Å². The highest BCUT2D eigenvalue weighted by molar-refractivity contribution is 8.00. The first kappa shape index (κ1) is 18.8. The third-order valence-electron chi connectivity index (χ3n) is 4.89. The van der Waals surface area contributed by atoms with Crippen LogP contribution in [0.15, 0.2) is 30.5 Å². The van der Waals surface area contributed by atoms with Crippen LogP contribution in [-0.4, -0.2) is 21.6 Å². The summed E-state index contributed by atoms with van der Waals surface area (Å²) in [4.78, 5) is 19.7. The average molecular weight is 399 g/mol. The number of amides is 1. The lowest BCUT2D eigenvalue weighted by molar-refractivity contribution is -0.117. The van der Waals surface area contributed by atoms with E-state index in [4.69, 9.17) is 0 Å². The number of carbonyl (C=O) groups is 1. The number of nitrogens with zero attached hydrogens (tertiary/aromatic N) is 1. The highest BCUT2D eigenvalue weighted by Gasteiger charge is 2.30. The predicted octanol–water partition coefficient (Wildman–Crippen LogP) is 5.50. The molecule has 1 fully saturated rings. The van der Waals surface area contributed by atoms with Crippen LogP contribution < -0.4 is 10.0 Å². The summed E-state index contributed by atoms with van der Waals surface area (Å²) < 4.78 is 18.0. The molecule has 1 aromatic carbocycles.